The summed E-state index contributed by atoms with van der Waals surface area (Å²) in [4.78, 5) is 0. The Bertz CT molecular complexity index is 3290. The lowest BCUT2D eigenvalue weighted by molar-refractivity contribution is 0.591. The molecular formula is C54H48N2S2. The predicted octanol–water partition coefficient (Wildman–Crippen LogP) is 16.4. The molecule has 0 fully saturated rings. The summed E-state index contributed by atoms with van der Waals surface area (Å²) < 4.78 is 10.6. The first-order valence-corrected chi connectivity index (χ1v) is 22.2. The van der Waals surface area contributed by atoms with Gasteiger partial charge in [-0.25, -0.2) is 0 Å². The molecule has 286 valence electrons. The Morgan fingerprint density at radius 2 is 0.776 bits per heavy atom. The van der Waals surface area contributed by atoms with Gasteiger partial charge in [0.05, 0.1) is 51.9 Å². The fourth-order valence-corrected chi connectivity index (χ4v) is 12.5. The van der Waals surface area contributed by atoms with Crippen molar-refractivity contribution in [3.63, 3.8) is 0 Å². The van der Waals surface area contributed by atoms with E-state index in [2.05, 4.69) is 187 Å². The molecule has 0 saturated heterocycles. The third-order valence-corrected chi connectivity index (χ3v) is 15.2. The zero-order chi connectivity index (χ0) is 40.2. The highest BCUT2D eigenvalue weighted by Gasteiger charge is 2.28. The molecule has 4 heteroatoms. The molecule has 0 unspecified atom stereocenters. The molecule has 4 aromatic heterocycles. The van der Waals surface area contributed by atoms with Crippen LogP contribution in [0.15, 0.2) is 109 Å². The Balaban J connectivity index is 1.40. The molecule has 0 amide bonds. The molecule has 2 nitrogen and oxygen atoms in total. The minimum atomic E-state index is 0.0121. The van der Waals surface area contributed by atoms with Crippen LogP contribution in [-0.2, 0) is 10.8 Å². The molecule has 0 spiro atoms. The summed E-state index contributed by atoms with van der Waals surface area (Å²) in [6, 6.07) is 42.3. The first-order valence-electron chi connectivity index (χ1n) is 20.6. The molecule has 0 N–H and O–H groups in total. The fraction of sp³-hybridized carbons (Fsp3) is 0.222. The van der Waals surface area contributed by atoms with Crippen molar-refractivity contribution in [2.75, 3.05) is 0 Å². The van der Waals surface area contributed by atoms with Gasteiger partial charge in [0, 0.05) is 21.5 Å². The SMILES string of the molecule is Cc1cccc(C)c1-c1ccc2c(c1)sc1c3c4cc(C(C)(C)C)ccc4n4c5ccc(-c6c(C)cccc6C)cc5sc(c5c6cc(C(C)(C)C)ccc6n2c15)c34. The summed E-state index contributed by atoms with van der Waals surface area (Å²) in [6.07, 6.45) is 0. The quantitative estimate of drug-likeness (QED) is 0.154. The van der Waals surface area contributed by atoms with Crippen molar-refractivity contribution in [2.45, 2.75) is 80.1 Å². The highest BCUT2D eigenvalue weighted by molar-refractivity contribution is 7.27. The van der Waals surface area contributed by atoms with Gasteiger partial charge in [-0.3, -0.25) is 0 Å². The van der Waals surface area contributed by atoms with Crippen LogP contribution in [0, 0.1) is 27.7 Å². The standard InChI is InChI=1S/C54H48N2S2/c1-29-13-11-14-30(2)45(29)33-17-21-41-43(25-33)57-51-47-38-28-36(54(8,9)10)20-24-40(38)56-42-22-18-34(46-31(3)15-12-16-32(46)4)26-44(42)58-52(50(47)56)48-37-27-35(53(5,6)7)19-23-39(37)55(41)49(48)51/h11-28H,1-10H3. The largest absolute Gasteiger partial charge is 0.306 e. The van der Waals surface area contributed by atoms with Gasteiger partial charge < -0.3 is 8.80 Å². The van der Waals surface area contributed by atoms with E-state index >= 15 is 0 Å². The van der Waals surface area contributed by atoms with Crippen molar-refractivity contribution in [3.05, 3.63) is 143 Å². The van der Waals surface area contributed by atoms with E-state index in [1.165, 1.54) is 129 Å². The molecule has 11 aromatic rings. The van der Waals surface area contributed by atoms with E-state index in [0.717, 1.165) is 0 Å². The molecule has 0 aliphatic carbocycles. The Kier molecular flexibility index (Phi) is 7.43. The number of nitrogens with zero attached hydrogens (tertiary/aromatic N) is 2. The maximum Gasteiger partial charge on any atom is 0.0736 e. The maximum atomic E-state index is 2.61. The van der Waals surface area contributed by atoms with Crippen molar-refractivity contribution < 1.29 is 0 Å². The monoisotopic (exact) mass is 788 g/mol. The first kappa shape index (κ1) is 35.7. The lowest BCUT2D eigenvalue weighted by atomic mass is 9.86. The second kappa shape index (κ2) is 12.1. The topological polar surface area (TPSA) is 8.82 Å². The highest BCUT2D eigenvalue weighted by Crippen LogP contribution is 2.52. The van der Waals surface area contributed by atoms with Gasteiger partial charge in [0.2, 0.25) is 0 Å². The molecule has 0 atom stereocenters. The molecule has 58 heavy (non-hydrogen) atoms. The van der Waals surface area contributed by atoms with E-state index in [4.69, 9.17) is 0 Å². The van der Waals surface area contributed by atoms with Gasteiger partial charge in [0.25, 0.3) is 0 Å². The third-order valence-electron chi connectivity index (χ3n) is 12.9. The summed E-state index contributed by atoms with van der Waals surface area (Å²) in [5.41, 5.74) is 21.0. The average Bonchev–Trinajstić information content (AvgIpc) is 3.70. The summed E-state index contributed by atoms with van der Waals surface area (Å²) in [5, 5.41) is 5.41. The normalized spacial score (nSPS) is 13.0. The van der Waals surface area contributed by atoms with Crippen LogP contribution < -0.4 is 0 Å². The van der Waals surface area contributed by atoms with Gasteiger partial charge in [-0.05, 0) is 143 Å². The number of hydrogen-bond acceptors (Lipinski definition) is 2. The fourth-order valence-electron chi connectivity index (χ4n) is 9.97. The zero-order valence-electron chi connectivity index (χ0n) is 35.1. The van der Waals surface area contributed by atoms with E-state index in [1.54, 1.807) is 0 Å². The number of aryl methyl sites for hydroxylation is 4. The lowest BCUT2D eigenvalue weighted by Crippen LogP contribution is -2.10. The van der Waals surface area contributed by atoms with Crippen molar-refractivity contribution in [3.8, 4) is 22.3 Å². The highest BCUT2D eigenvalue weighted by atomic mass is 32.1. The van der Waals surface area contributed by atoms with Crippen molar-refractivity contribution in [2.24, 2.45) is 0 Å². The second-order valence-electron chi connectivity index (χ2n) is 18.8. The minimum Gasteiger partial charge on any atom is -0.306 e. The van der Waals surface area contributed by atoms with Crippen LogP contribution >= 0.6 is 22.7 Å². The van der Waals surface area contributed by atoms with Gasteiger partial charge >= 0.3 is 0 Å². The van der Waals surface area contributed by atoms with Gasteiger partial charge in [0.1, 0.15) is 0 Å². The summed E-state index contributed by atoms with van der Waals surface area (Å²) in [6.45, 7) is 23.0. The third kappa shape index (κ3) is 4.94. The molecule has 0 radical (unpaired) electrons. The molecule has 11 rings (SSSR count). The molecule has 0 aliphatic heterocycles. The Hall–Kier alpha value is -5.42. The smallest absolute Gasteiger partial charge is 0.0736 e. The van der Waals surface area contributed by atoms with Crippen LogP contribution in [0.25, 0.3) is 95.7 Å². The molecule has 4 heterocycles. The molecule has 7 aromatic carbocycles. The molecule has 0 aliphatic rings. The van der Waals surface area contributed by atoms with Gasteiger partial charge in [-0.1, -0.05) is 102 Å². The van der Waals surface area contributed by atoms with Crippen LogP contribution in [0.1, 0.15) is 74.9 Å². The van der Waals surface area contributed by atoms with E-state index < -0.39 is 0 Å². The molecule has 0 bridgehead atoms. The van der Waals surface area contributed by atoms with Crippen molar-refractivity contribution in [1.29, 1.82) is 0 Å². The van der Waals surface area contributed by atoms with Crippen LogP contribution in [0.5, 0.6) is 0 Å². The van der Waals surface area contributed by atoms with E-state index in [1.807, 2.05) is 22.7 Å². The number of rotatable bonds is 2. The number of hydrogen-bond donors (Lipinski definition) is 0. The first-order chi connectivity index (χ1) is 27.7. The lowest BCUT2D eigenvalue weighted by Gasteiger charge is -2.19. The Morgan fingerprint density at radius 1 is 0.414 bits per heavy atom. The maximum absolute atomic E-state index is 2.61. The van der Waals surface area contributed by atoms with Crippen LogP contribution in [0.3, 0.4) is 0 Å². The number of benzene rings is 7. The Labute approximate surface area is 348 Å². The van der Waals surface area contributed by atoms with Gasteiger partial charge in [-0.15, -0.1) is 22.7 Å². The number of fused-ring (bicyclic) bond motifs is 12. The molecule has 0 saturated carbocycles. The van der Waals surface area contributed by atoms with Crippen LogP contribution in [-0.4, -0.2) is 8.80 Å². The van der Waals surface area contributed by atoms with E-state index in [-0.39, 0.29) is 10.8 Å². The predicted molar refractivity (Wildman–Crippen MR) is 256 cm³/mol. The second-order valence-corrected chi connectivity index (χ2v) is 20.9. The van der Waals surface area contributed by atoms with E-state index in [9.17, 15) is 0 Å². The zero-order valence-corrected chi connectivity index (χ0v) is 36.7. The van der Waals surface area contributed by atoms with Gasteiger partial charge in [-0.2, -0.15) is 0 Å². The Morgan fingerprint density at radius 3 is 1.14 bits per heavy atom. The van der Waals surface area contributed by atoms with Crippen molar-refractivity contribution >= 4 is 96.1 Å². The number of aromatic nitrogens is 2. The molecular weight excluding hydrogens is 741 g/mol. The van der Waals surface area contributed by atoms with Crippen molar-refractivity contribution in [1.82, 2.24) is 8.80 Å². The van der Waals surface area contributed by atoms with Crippen LogP contribution in [0.4, 0.5) is 0 Å². The summed E-state index contributed by atoms with van der Waals surface area (Å²) in [7, 11) is 0. The van der Waals surface area contributed by atoms with Gasteiger partial charge in [0.15, 0.2) is 0 Å². The summed E-state index contributed by atoms with van der Waals surface area (Å²) in [5.74, 6) is 0. The average molecular weight is 789 g/mol. The van der Waals surface area contributed by atoms with E-state index in [0.29, 0.717) is 0 Å². The minimum absolute atomic E-state index is 0.0121. The summed E-state index contributed by atoms with van der Waals surface area (Å²) >= 11 is 3.95. The van der Waals surface area contributed by atoms with Crippen LogP contribution in [0.2, 0.25) is 0 Å².